The van der Waals surface area contributed by atoms with E-state index in [0.717, 1.165) is 5.56 Å². The van der Waals surface area contributed by atoms with E-state index in [1.54, 1.807) is 4.90 Å². The molecule has 0 spiro atoms. The third-order valence-corrected chi connectivity index (χ3v) is 4.09. The van der Waals surface area contributed by atoms with Crippen molar-refractivity contribution in [2.24, 2.45) is 0 Å². The average molecular weight is 251 g/mol. The molecule has 0 aliphatic carbocycles. The van der Waals surface area contributed by atoms with Gasteiger partial charge in [0.15, 0.2) is 0 Å². The zero-order chi connectivity index (χ0) is 11.7. The fourth-order valence-corrected chi connectivity index (χ4v) is 3.44. The molecule has 0 aromatic heterocycles. The van der Waals surface area contributed by atoms with E-state index in [1.165, 1.54) is 11.8 Å². The second-order valence-electron chi connectivity index (χ2n) is 3.98. The van der Waals surface area contributed by atoms with E-state index in [2.05, 4.69) is 0 Å². The van der Waals surface area contributed by atoms with Gasteiger partial charge in [-0.2, -0.15) is 0 Å². The molecule has 1 aliphatic rings. The van der Waals surface area contributed by atoms with E-state index in [-0.39, 0.29) is 17.2 Å². The molecule has 0 unspecified atom stereocenters. The van der Waals surface area contributed by atoms with Gasteiger partial charge in [0.2, 0.25) is 5.91 Å². The predicted molar refractivity (Wildman–Crippen MR) is 71.4 cm³/mol. The van der Waals surface area contributed by atoms with Crippen molar-refractivity contribution >= 4 is 34.2 Å². The first kappa shape index (κ1) is 11.6. The summed E-state index contributed by atoms with van der Waals surface area (Å²) in [6.45, 7) is 3.97. The normalized spacial score (nSPS) is 20.9. The Kier molecular flexibility index (Phi) is 3.30. The van der Waals surface area contributed by atoms with Gasteiger partial charge in [-0.1, -0.05) is 54.3 Å². The Morgan fingerprint density at radius 3 is 2.44 bits per heavy atom. The van der Waals surface area contributed by atoms with Crippen molar-refractivity contribution in [3.8, 4) is 0 Å². The minimum absolute atomic E-state index is 0.108. The Morgan fingerprint density at radius 2 is 1.94 bits per heavy atom. The molecular weight excluding hydrogens is 238 g/mol. The van der Waals surface area contributed by atoms with Crippen molar-refractivity contribution in [1.82, 2.24) is 4.90 Å². The van der Waals surface area contributed by atoms with Gasteiger partial charge in [0.25, 0.3) is 0 Å². The van der Waals surface area contributed by atoms with Gasteiger partial charge in [-0.3, -0.25) is 9.69 Å². The van der Waals surface area contributed by atoms with E-state index in [1.807, 2.05) is 44.2 Å². The lowest BCUT2D eigenvalue weighted by Crippen LogP contribution is -2.35. The minimum Gasteiger partial charge on any atom is -0.294 e. The molecule has 1 amide bonds. The van der Waals surface area contributed by atoms with Gasteiger partial charge in [-0.05, 0) is 19.4 Å². The molecule has 0 N–H and O–H groups in total. The number of carbonyl (C=O) groups is 1. The Balaban J connectivity index is 2.28. The minimum atomic E-state index is -0.156. The SMILES string of the molecule is CC(C)N1C(=O)[C@H](c2ccccc2)SC1=S. The molecule has 4 heteroatoms. The van der Waals surface area contributed by atoms with Gasteiger partial charge in [0.1, 0.15) is 9.57 Å². The fraction of sp³-hybridized carbons (Fsp3) is 0.333. The zero-order valence-electron chi connectivity index (χ0n) is 9.21. The van der Waals surface area contributed by atoms with Crippen molar-refractivity contribution in [1.29, 1.82) is 0 Å². The van der Waals surface area contributed by atoms with Crippen LogP contribution < -0.4 is 0 Å². The number of carbonyl (C=O) groups excluding carboxylic acids is 1. The third-order valence-electron chi connectivity index (χ3n) is 2.50. The number of rotatable bonds is 2. The molecule has 0 radical (unpaired) electrons. The highest BCUT2D eigenvalue weighted by Crippen LogP contribution is 2.40. The van der Waals surface area contributed by atoms with E-state index < -0.39 is 0 Å². The summed E-state index contributed by atoms with van der Waals surface area (Å²) in [6, 6.07) is 9.94. The molecule has 1 aromatic rings. The molecule has 1 fully saturated rings. The Labute approximate surface area is 105 Å². The van der Waals surface area contributed by atoms with E-state index in [9.17, 15) is 4.79 Å². The summed E-state index contributed by atoms with van der Waals surface area (Å²) in [5, 5.41) is -0.156. The summed E-state index contributed by atoms with van der Waals surface area (Å²) in [4.78, 5) is 13.9. The standard InChI is InChI=1S/C12H13NOS2/c1-8(2)13-11(14)10(16-12(13)15)9-6-4-3-5-7-9/h3-8,10H,1-2H3/t10-/m0/s1. The van der Waals surface area contributed by atoms with E-state index >= 15 is 0 Å². The molecule has 0 bridgehead atoms. The van der Waals surface area contributed by atoms with Crippen molar-refractivity contribution in [3.63, 3.8) is 0 Å². The largest absolute Gasteiger partial charge is 0.294 e. The maximum absolute atomic E-state index is 12.2. The van der Waals surface area contributed by atoms with Gasteiger partial charge in [0, 0.05) is 6.04 Å². The quantitative estimate of drug-likeness (QED) is 0.754. The Bertz CT molecular complexity index is 416. The maximum Gasteiger partial charge on any atom is 0.246 e. The molecule has 2 rings (SSSR count). The van der Waals surface area contributed by atoms with E-state index in [4.69, 9.17) is 12.2 Å². The maximum atomic E-state index is 12.2. The monoisotopic (exact) mass is 251 g/mol. The highest BCUT2D eigenvalue weighted by Gasteiger charge is 2.38. The van der Waals surface area contributed by atoms with Gasteiger partial charge >= 0.3 is 0 Å². The molecule has 16 heavy (non-hydrogen) atoms. The molecule has 1 heterocycles. The van der Waals surface area contributed by atoms with Gasteiger partial charge in [0.05, 0.1) is 0 Å². The highest BCUT2D eigenvalue weighted by atomic mass is 32.2. The number of amides is 1. The van der Waals surface area contributed by atoms with Crippen LogP contribution in [0.3, 0.4) is 0 Å². The summed E-state index contributed by atoms with van der Waals surface area (Å²) >= 11 is 6.71. The second-order valence-corrected chi connectivity index (χ2v) is 5.72. The molecule has 84 valence electrons. The number of hydrogen-bond donors (Lipinski definition) is 0. The second kappa shape index (κ2) is 4.55. The summed E-state index contributed by atoms with van der Waals surface area (Å²) in [5.41, 5.74) is 1.03. The lowest BCUT2D eigenvalue weighted by atomic mass is 10.1. The molecule has 1 aliphatic heterocycles. The molecule has 1 aromatic carbocycles. The lowest BCUT2D eigenvalue weighted by molar-refractivity contribution is -0.127. The number of thiocarbonyl (C=S) groups is 1. The van der Waals surface area contributed by atoms with Crippen LogP contribution in [0.25, 0.3) is 0 Å². The molecule has 0 saturated carbocycles. The van der Waals surface area contributed by atoms with E-state index in [0.29, 0.717) is 4.32 Å². The topological polar surface area (TPSA) is 20.3 Å². The summed E-state index contributed by atoms with van der Waals surface area (Å²) in [6.07, 6.45) is 0. The Hall–Kier alpha value is -0.870. The predicted octanol–water partition coefficient (Wildman–Crippen LogP) is 3.00. The van der Waals surface area contributed by atoms with Crippen LogP contribution in [0, 0.1) is 0 Å². The van der Waals surface area contributed by atoms with Crippen LogP contribution in [-0.4, -0.2) is 21.2 Å². The van der Waals surface area contributed by atoms with Crippen LogP contribution in [0.15, 0.2) is 30.3 Å². The van der Waals surface area contributed by atoms with Crippen LogP contribution in [0.5, 0.6) is 0 Å². The van der Waals surface area contributed by atoms with Crippen molar-refractivity contribution in [2.75, 3.05) is 0 Å². The number of benzene rings is 1. The first-order valence-corrected chi connectivity index (χ1v) is 6.48. The Morgan fingerprint density at radius 1 is 1.31 bits per heavy atom. The average Bonchev–Trinajstić information content (AvgIpc) is 2.55. The smallest absolute Gasteiger partial charge is 0.246 e. The zero-order valence-corrected chi connectivity index (χ0v) is 10.8. The molecular formula is C12H13NOS2. The number of thioether (sulfide) groups is 1. The van der Waals surface area contributed by atoms with Crippen molar-refractivity contribution in [3.05, 3.63) is 35.9 Å². The fourth-order valence-electron chi connectivity index (χ4n) is 1.73. The lowest BCUT2D eigenvalue weighted by Gasteiger charge is -2.19. The van der Waals surface area contributed by atoms with Crippen LogP contribution in [-0.2, 0) is 4.79 Å². The first-order chi connectivity index (χ1) is 7.61. The van der Waals surface area contributed by atoms with Crippen molar-refractivity contribution in [2.45, 2.75) is 25.1 Å². The molecule has 2 nitrogen and oxygen atoms in total. The van der Waals surface area contributed by atoms with Crippen molar-refractivity contribution < 1.29 is 4.79 Å². The third kappa shape index (κ3) is 1.99. The number of nitrogens with zero attached hydrogens (tertiary/aromatic N) is 1. The summed E-state index contributed by atoms with van der Waals surface area (Å²) in [5.74, 6) is 0.108. The van der Waals surface area contributed by atoms with Crippen LogP contribution in [0.4, 0.5) is 0 Å². The van der Waals surface area contributed by atoms with Gasteiger partial charge in [-0.25, -0.2) is 0 Å². The van der Waals surface area contributed by atoms with Crippen LogP contribution >= 0.6 is 24.0 Å². The summed E-state index contributed by atoms with van der Waals surface area (Å²) in [7, 11) is 0. The number of hydrogen-bond acceptors (Lipinski definition) is 3. The van der Waals surface area contributed by atoms with Gasteiger partial charge in [-0.15, -0.1) is 0 Å². The first-order valence-electron chi connectivity index (χ1n) is 5.20. The van der Waals surface area contributed by atoms with Gasteiger partial charge < -0.3 is 0 Å². The molecule has 1 atom stereocenters. The summed E-state index contributed by atoms with van der Waals surface area (Å²) < 4.78 is 0.689. The molecule has 1 saturated heterocycles. The van der Waals surface area contributed by atoms with Crippen LogP contribution in [0.2, 0.25) is 0 Å². The van der Waals surface area contributed by atoms with Crippen LogP contribution in [0.1, 0.15) is 24.7 Å². The highest BCUT2D eigenvalue weighted by molar-refractivity contribution is 8.24.